The summed E-state index contributed by atoms with van der Waals surface area (Å²) < 4.78 is 10.9. The first-order valence-electron chi connectivity index (χ1n) is 6.56. The van der Waals surface area contributed by atoms with Gasteiger partial charge in [0, 0.05) is 0 Å². The highest BCUT2D eigenvalue weighted by Crippen LogP contribution is 2.19. The number of aromatic carboxylic acids is 1. The van der Waals surface area contributed by atoms with E-state index >= 15 is 0 Å². The van der Waals surface area contributed by atoms with Gasteiger partial charge in [0.05, 0.1) is 31.1 Å². The van der Waals surface area contributed by atoms with Crippen molar-refractivity contribution < 1.29 is 19.4 Å². The molecule has 6 nitrogen and oxygen atoms in total. The Morgan fingerprint density at radius 2 is 1.80 bits per heavy atom. The monoisotopic (exact) mass is 282 g/mol. The van der Waals surface area contributed by atoms with Crippen molar-refractivity contribution in [2.24, 2.45) is 0 Å². The van der Waals surface area contributed by atoms with E-state index in [-0.39, 0.29) is 36.8 Å². The molecule has 0 aliphatic rings. The standard InChI is InChI=1S/C14H22N2O4/c1-8(2)19-6-10-5-11(7-20-9(3)4)16-13(15)12(10)14(17)18/h5,8-9H,6-7H2,1-4H3,(H2,15,16)(H,17,18). The highest BCUT2D eigenvalue weighted by Gasteiger charge is 2.17. The van der Waals surface area contributed by atoms with Crippen molar-refractivity contribution in [3.8, 4) is 0 Å². The van der Waals surface area contributed by atoms with Crippen LogP contribution in [0.25, 0.3) is 0 Å². The highest BCUT2D eigenvalue weighted by molar-refractivity contribution is 5.94. The van der Waals surface area contributed by atoms with E-state index in [1.165, 1.54) is 0 Å². The lowest BCUT2D eigenvalue weighted by Crippen LogP contribution is -2.14. The number of carboxylic acid groups (broad SMARTS) is 1. The Balaban J connectivity index is 3.04. The molecular weight excluding hydrogens is 260 g/mol. The first-order valence-corrected chi connectivity index (χ1v) is 6.56. The van der Waals surface area contributed by atoms with Gasteiger partial charge >= 0.3 is 5.97 Å². The minimum Gasteiger partial charge on any atom is -0.478 e. The fourth-order valence-electron chi connectivity index (χ4n) is 1.62. The minimum atomic E-state index is -1.10. The van der Waals surface area contributed by atoms with Gasteiger partial charge in [0.2, 0.25) is 0 Å². The van der Waals surface area contributed by atoms with Crippen molar-refractivity contribution >= 4 is 11.8 Å². The maximum atomic E-state index is 11.3. The molecule has 0 atom stereocenters. The molecule has 1 heterocycles. The summed E-state index contributed by atoms with van der Waals surface area (Å²) in [6.07, 6.45) is 0.0638. The number of nitrogens with two attached hydrogens (primary N) is 1. The first-order chi connectivity index (χ1) is 9.31. The van der Waals surface area contributed by atoms with Crippen LogP contribution >= 0.6 is 0 Å². The summed E-state index contributed by atoms with van der Waals surface area (Å²) in [7, 11) is 0. The predicted molar refractivity (Wildman–Crippen MR) is 75.5 cm³/mol. The molecule has 1 aromatic rings. The van der Waals surface area contributed by atoms with Gasteiger partial charge in [0.1, 0.15) is 11.4 Å². The summed E-state index contributed by atoms with van der Waals surface area (Å²) in [6, 6.07) is 1.67. The summed E-state index contributed by atoms with van der Waals surface area (Å²) >= 11 is 0. The van der Waals surface area contributed by atoms with Crippen LogP contribution in [0.1, 0.15) is 49.3 Å². The Morgan fingerprint density at radius 1 is 1.25 bits per heavy atom. The molecular formula is C14H22N2O4. The molecule has 112 valence electrons. The number of anilines is 1. The molecule has 3 N–H and O–H groups in total. The zero-order valence-electron chi connectivity index (χ0n) is 12.3. The molecule has 0 saturated carbocycles. The molecule has 0 aromatic carbocycles. The van der Waals surface area contributed by atoms with E-state index < -0.39 is 5.97 Å². The molecule has 0 aliphatic heterocycles. The molecule has 0 fully saturated rings. The quantitative estimate of drug-likeness (QED) is 0.796. The topological polar surface area (TPSA) is 94.7 Å². The zero-order valence-corrected chi connectivity index (χ0v) is 12.3. The number of carbonyl (C=O) groups is 1. The highest BCUT2D eigenvalue weighted by atomic mass is 16.5. The Hall–Kier alpha value is -1.66. The molecule has 0 bridgehead atoms. The summed E-state index contributed by atoms with van der Waals surface area (Å²) in [4.78, 5) is 15.3. The van der Waals surface area contributed by atoms with Crippen molar-refractivity contribution in [1.82, 2.24) is 4.98 Å². The molecule has 1 aromatic heterocycles. The molecule has 20 heavy (non-hydrogen) atoms. The normalized spacial score (nSPS) is 11.3. The van der Waals surface area contributed by atoms with Crippen LogP contribution in [0.15, 0.2) is 6.07 Å². The van der Waals surface area contributed by atoms with E-state index in [0.717, 1.165) is 0 Å². The fourth-order valence-corrected chi connectivity index (χ4v) is 1.62. The van der Waals surface area contributed by atoms with Gasteiger partial charge in [-0.25, -0.2) is 9.78 Å². The van der Waals surface area contributed by atoms with E-state index in [4.69, 9.17) is 15.2 Å². The average Bonchev–Trinajstić information content (AvgIpc) is 2.32. The maximum absolute atomic E-state index is 11.3. The molecule has 0 unspecified atom stereocenters. The number of carboxylic acids is 1. The van der Waals surface area contributed by atoms with Crippen LogP contribution in [0.4, 0.5) is 5.82 Å². The lowest BCUT2D eigenvalue weighted by molar-refractivity contribution is 0.0582. The third-order valence-electron chi connectivity index (χ3n) is 2.53. The molecule has 0 saturated heterocycles. The number of hydrogen-bond acceptors (Lipinski definition) is 5. The number of hydrogen-bond donors (Lipinski definition) is 2. The van der Waals surface area contributed by atoms with Crippen LogP contribution in [0.3, 0.4) is 0 Å². The van der Waals surface area contributed by atoms with Gasteiger partial charge in [-0.05, 0) is 39.3 Å². The Labute approximate surface area is 118 Å². The van der Waals surface area contributed by atoms with Gasteiger partial charge in [-0.3, -0.25) is 0 Å². The lowest BCUT2D eigenvalue weighted by Gasteiger charge is -2.14. The van der Waals surface area contributed by atoms with Crippen LogP contribution in [-0.2, 0) is 22.7 Å². The Bertz CT molecular complexity index is 472. The van der Waals surface area contributed by atoms with Crippen molar-refractivity contribution in [3.05, 3.63) is 22.9 Å². The molecule has 0 aliphatic carbocycles. The van der Waals surface area contributed by atoms with Gasteiger partial charge in [-0.1, -0.05) is 0 Å². The summed E-state index contributed by atoms with van der Waals surface area (Å²) in [6.45, 7) is 8.06. The Kier molecular flexibility index (Phi) is 5.91. The van der Waals surface area contributed by atoms with Crippen LogP contribution in [0.5, 0.6) is 0 Å². The van der Waals surface area contributed by atoms with Crippen LogP contribution in [0.2, 0.25) is 0 Å². The fraction of sp³-hybridized carbons (Fsp3) is 0.571. The molecule has 1 rings (SSSR count). The number of pyridine rings is 1. The van der Waals surface area contributed by atoms with Crippen LogP contribution in [0, 0.1) is 0 Å². The minimum absolute atomic E-state index is 0.000975. The van der Waals surface area contributed by atoms with Crippen molar-refractivity contribution in [2.45, 2.75) is 53.1 Å². The number of ether oxygens (including phenoxy) is 2. The smallest absolute Gasteiger partial charge is 0.339 e. The van der Waals surface area contributed by atoms with E-state index in [9.17, 15) is 9.90 Å². The third-order valence-corrected chi connectivity index (χ3v) is 2.53. The van der Waals surface area contributed by atoms with E-state index in [2.05, 4.69) is 4.98 Å². The third kappa shape index (κ3) is 4.79. The Morgan fingerprint density at radius 3 is 2.30 bits per heavy atom. The number of nitrogens with zero attached hydrogens (tertiary/aromatic N) is 1. The molecule has 0 spiro atoms. The summed E-state index contributed by atoms with van der Waals surface area (Å²) in [5, 5.41) is 9.21. The van der Waals surface area contributed by atoms with Crippen molar-refractivity contribution in [2.75, 3.05) is 5.73 Å². The maximum Gasteiger partial charge on any atom is 0.339 e. The van der Waals surface area contributed by atoms with Gasteiger partial charge in [-0.2, -0.15) is 0 Å². The summed E-state index contributed by atoms with van der Waals surface area (Å²) in [5.41, 5.74) is 6.85. The average molecular weight is 282 g/mol. The number of aromatic nitrogens is 1. The largest absolute Gasteiger partial charge is 0.478 e. The predicted octanol–water partition coefficient (Wildman–Crippen LogP) is 2.21. The second-order valence-corrected chi connectivity index (χ2v) is 5.06. The van der Waals surface area contributed by atoms with Gasteiger partial charge in [-0.15, -0.1) is 0 Å². The first kappa shape index (κ1) is 16.4. The second kappa shape index (κ2) is 7.21. The van der Waals surface area contributed by atoms with Crippen LogP contribution < -0.4 is 5.73 Å². The number of nitrogen functional groups attached to an aromatic ring is 1. The lowest BCUT2D eigenvalue weighted by atomic mass is 10.1. The van der Waals surface area contributed by atoms with Crippen LogP contribution in [-0.4, -0.2) is 28.3 Å². The van der Waals surface area contributed by atoms with Crippen molar-refractivity contribution in [1.29, 1.82) is 0 Å². The van der Waals surface area contributed by atoms with E-state index in [1.54, 1.807) is 6.07 Å². The van der Waals surface area contributed by atoms with E-state index in [0.29, 0.717) is 11.3 Å². The second-order valence-electron chi connectivity index (χ2n) is 5.06. The molecule has 0 amide bonds. The van der Waals surface area contributed by atoms with Crippen molar-refractivity contribution in [3.63, 3.8) is 0 Å². The zero-order chi connectivity index (χ0) is 15.3. The van der Waals surface area contributed by atoms with Gasteiger partial charge in [0.15, 0.2) is 0 Å². The molecule has 6 heteroatoms. The summed E-state index contributed by atoms with van der Waals surface area (Å²) in [5.74, 6) is -1.11. The van der Waals surface area contributed by atoms with E-state index in [1.807, 2.05) is 27.7 Å². The number of rotatable bonds is 7. The molecule has 0 radical (unpaired) electrons. The van der Waals surface area contributed by atoms with Gasteiger partial charge < -0.3 is 20.3 Å². The SMILES string of the molecule is CC(C)OCc1cc(COC(C)C)c(C(=O)O)c(N)n1. The van der Waals surface area contributed by atoms with Gasteiger partial charge in [0.25, 0.3) is 0 Å².